The van der Waals surface area contributed by atoms with Gasteiger partial charge >= 0.3 is 0 Å². The Bertz CT molecular complexity index is 1450. The number of carbonyl (C=O) groups is 1. The van der Waals surface area contributed by atoms with Crippen molar-refractivity contribution in [3.05, 3.63) is 110 Å². The molecule has 194 valence electrons. The quantitative estimate of drug-likeness (QED) is 0.228. The number of fused-ring (bicyclic) bond motifs is 1. The zero-order chi connectivity index (χ0) is 26.3. The van der Waals surface area contributed by atoms with Gasteiger partial charge in [-0.15, -0.1) is 11.3 Å². The highest BCUT2D eigenvalue weighted by molar-refractivity contribution is 7.16. The number of para-hydroxylation sites is 2. The van der Waals surface area contributed by atoms with Crippen LogP contribution in [0.2, 0.25) is 10.0 Å². The van der Waals surface area contributed by atoms with Gasteiger partial charge < -0.3 is 10.1 Å². The third-order valence-electron chi connectivity index (χ3n) is 6.53. The summed E-state index contributed by atoms with van der Waals surface area (Å²) in [6, 6.07) is 22.8. The number of aryl methyl sites for hydroxylation is 1. The zero-order valence-electron chi connectivity index (χ0n) is 20.9. The van der Waals surface area contributed by atoms with Gasteiger partial charge in [0.05, 0.1) is 15.6 Å². The lowest BCUT2D eigenvalue weighted by Gasteiger charge is -2.12. The Morgan fingerprint density at radius 2 is 1.68 bits per heavy atom. The molecule has 4 nitrogen and oxygen atoms in total. The molecule has 1 heterocycles. The Hall–Kier alpha value is -3.12. The second-order valence-corrected chi connectivity index (χ2v) is 11.1. The molecule has 0 bridgehead atoms. The van der Waals surface area contributed by atoms with Crippen molar-refractivity contribution in [2.45, 2.75) is 45.1 Å². The maximum absolute atomic E-state index is 13.5. The van der Waals surface area contributed by atoms with E-state index in [0.717, 1.165) is 53.1 Å². The number of carbonyl (C=O) groups excluding carboxylic acids is 1. The lowest BCUT2D eigenvalue weighted by Crippen LogP contribution is -2.14. The van der Waals surface area contributed by atoms with Gasteiger partial charge in [0.1, 0.15) is 17.4 Å². The van der Waals surface area contributed by atoms with E-state index in [0.29, 0.717) is 28.0 Å². The van der Waals surface area contributed by atoms with Crippen molar-refractivity contribution in [2.75, 3.05) is 5.32 Å². The first-order valence-electron chi connectivity index (χ1n) is 12.8. The average molecular weight is 564 g/mol. The van der Waals surface area contributed by atoms with Gasteiger partial charge in [-0.05, 0) is 73.2 Å². The van der Waals surface area contributed by atoms with Gasteiger partial charge in [-0.1, -0.05) is 72.4 Å². The summed E-state index contributed by atoms with van der Waals surface area (Å²) < 4.78 is 6.11. The summed E-state index contributed by atoms with van der Waals surface area (Å²) >= 11 is 13.8. The van der Waals surface area contributed by atoms with E-state index in [1.54, 1.807) is 29.7 Å². The summed E-state index contributed by atoms with van der Waals surface area (Å²) in [7, 11) is 0. The van der Waals surface area contributed by atoms with Gasteiger partial charge in [-0.25, -0.2) is 4.99 Å². The molecule has 3 aromatic carbocycles. The van der Waals surface area contributed by atoms with Crippen LogP contribution >= 0.6 is 34.5 Å². The van der Waals surface area contributed by atoms with Crippen molar-refractivity contribution in [2.24, 2.45) is 4.99 Å². The SMILES string of the molecule is O=C(Nc1ccccc1)c1c(N=Cc2ccccc2OCc2ccc(Cl)c(Cl)c2)sc2c1CCCCCC2. The fourth-order valence-electron chi connectivity index (χ4n) is 4.58. The van der Waals surface area contributed by atoms with Crippen LogP contribution in [0, 0.1) is 0 Å². The molecule has 1 N–H and O–H groups in total. The Kier molecular flexibility index (Phi) is 8.79. The Morgan fingerprint density at radius 1 is 0.921 bits per heavy atom. The fourth-order valence-corrected chi connectivity index (χ4v) is 6.13. The summed E-state index contributed by atoms with van der Waals surface area (Å²) in [4.78, 5) is 19.7. The second-order valence-electron chi connectivity index (χ2n) is 9.25. The molecule has 1 aliphatic carbocycles. The molecule has 0 fully saturated rings. The monoisotopic (exact) mass is 562 g/mol. The number of rotatable bonds is 7. The molecular weight excluding hydrogens is 535 g/mol. The first-order chi connectivity index (χ1) is 18.6. The van der Waals surface area contributed by atoms with Crippen LogP contribution in [-0.2, 0) is 19.4 Å². The third-order valence-corrected chi connectivity index (χ3v) is 8.47. The summed E-state index contributed by atoms with van der Waals surface area (Å²) in [5.41, 5.74) is 4.38. The van der Waals surface area contributed by atoms with Crippen molar-refractivity contribution < 1.29 is 9.53 Å². The van der Waals surface area contributed by atoms with Crippen LogP contribution in [0.15, 0.2) is 77.8 Å². The smallest absolute Gasteiger partial charge is 0.259 e. The number of hydrogen-bond acceptors (Lipinski definition) is 4. The number of aliphatic imine (C=N–C) groups is 1. The van der Waals surface area contributed by atoms with Crippen molar-refractivity contribution in [1.82, 2.24) is 0 Å². The number of hydrogen-bond donors (Lipinski definition) is 1. The number of ether oxygens (including phenoxy) is 1. The standard InChI is InChI=1S/C31H28Cl2N2O2S/c32-25-17-16-21(18-26(25)33)20-37-27-14-9-8-10-22(27)19-34-31-29(30(36)35-23-11-4-3-5-12-23)24-13-6-1-2-7-15-28(24)38-31/h3-5,8-12,14,16-19H,1-2,6-7,13,15,20H2,(H,35,36). The van der Waals surface area contributed by atoms with Crippen LogP contribution in [0.5, 0.6) is 5.75 Å². The largest absolute Gasteiger partial charge is 0.488 e. The number of thiophene rings is 1. The Morgan fingerprint density at radius 3 is 2.50 bits per heavy atom. The van der Waals surface area contributed by atoms with Crippen LogP contribution < -0.4 is 10.1 Å². The van der Waals surface area contributed by atoms with Gasteiger partial charge in [-0.3, -0.25) is 4.79 Å². The molecule has 1 aromatic heterocycles. The number of anilines is 1. The van der Waals surface area contributed by atoms with E-state index in [9.17, 15) is 4.79 Å². The van der Waals surface area contributed by atoms with E-state index in [4.69, 9.17) is 32.9 Å². The van der Waals surface area contributed by atoms with Crippen molar-refractivity contribution in [1.29, 1.82) is 0 Å². The van der Waals surface area contributed by atoms with Crippen LogP contribution in [-0.4, -0.2) is 12.1 Å². The minimum absolute atomic E-state index is 0.106. The summed E-state index contributed by atoms with van der Waals surface area (Å²) in [5.74, 6) is 0.595. The molecule has 0 saturated heterocycles. The highest BCUT2D eigenvalue weighted by atomic mass is 35.5. The van der Waals surface area contributed by atoms with Gasteiger partial charge in [0.25, 0.3) is 5.91 Å². The van der Waals surface area contributed by atoms with Crippen molar-refractivity contribution in [3.63, 3.8) is 0 Å². The summed E-state index contributed by atoms with van der Waals surface area (Å²) in [5, 5.41) is 4.83. The predicted octanol–water partition coefficient (Wildman–Crippen LogP) is 9.30. The first kappa shape index (κ1) is 26.5. The van der Waals surface area contributed by atoms with Crippen molar-refractivity contribution >= 4 is 57.3 Å². The molecule has 0 unspecified atom stereocenters. The maximum atomic E-state index is 13.5. The van der Waals surface area contributed by atoms with E-state index in [-0.39, 0.29) is 5.91 Å². The molecule has 5 rings (SSSR count). The Labute approximate surface area is 237 Å². The number of halogens is 2. The molecule has 0 atom stereocenters. The number of amides is 1. The van der Waals surface area contributed by atoms with Gasteiger partial charge in [0.15, 0.2) is 0 Å². The van der Waals surface area contributed by atoms with Gasteiger partial charge in [0, 0.05) is 22.3 Å². The molecule has 1 aliphatic rings. The molecule has 0 spiro atoms. The fraction of sp³-hybridized carbons (Fsp3) is 0.226. The van der Waals surface area contributed by atoms with E-state index in [1.165, 1.54) is 17.7 Å². The average Bonchev–Trinajstić information content (AvgIpc) is 3.25. The van der Waals surface area contributed by atoms with Crippen LogP contribution in [0.1, 0.15) is 57.6 Å². The Balaban J connectivity index is 1.43. The predicted molar refractivity (Wildman–Crippen MR) is 159 cm³/mol. The molecule has 0 radical (unpaired) electrons. The van der Waals surface area contributed by atoms with Gasteiger partial charge in [0.2, 0.25) is 0 Å². The van der Waals surface area contributed by atoms with E-state index < -0.39 is 0 Å². The van der Waals surface area contributed by atoms with Gasteiger partial charge in [-0.2, -0.15) is 0 Å². The lowest BCUT2D eigenvalue weighted by molar-refractivity contribution is 0.102. The molecular formula is C31H28Cl2N2O2S. The van der Waals surface area contributed by atoms with E-state index in [1.807, 2.05) is 60.7 Å². The second kappa shape index (κ2) is 12.6. The molecule has 0 saturated carbocycles. The molecule has 4 aromatic rings. The third kappa shape index (κ3) is 6.47. The number of benzene rings is 3. The summed E-state index contributed by atoms with van der Waals surface area (Å²) in [6.07, 6.45) is 8.34. The molecule has 0 aliphatic heterocycles. The zero-order valence-corrected chi connectivity index (χ0v) is 23.2. The normalized spacial score (nSPS) is 13.5. The van der Waals surface area contributed by atoms with E-state index in [2.05, 4.69) is 5.32 Å². The molecule has 7 heteroatoms. The minimum atomic E-state index is -0.106. The maximum Gasteiger partial charge on any atom is 0.259 e. The highest BCUT2D eigenvalue weighted by Crippen LogP contribution is 2.39. The number of nitrogens with zero attached hydrogens (tertiary/aromatic N) is 1. The number of nitrogens with one attached hydrogen (secondary N) is 1. The first-order valence-corrected chi connectivity index (χ1v) is 14.4. The van der Waals surface area contributed by atoms with Crippen molar-refractivity contribution in [3.8, 4) is 5.75 Å². The summed E-state index contributed by atoms with van der Waals surface area (Å²) in [6.45, 7) is 0.347. The lowest BCUT2D eigenvalue weighted by atomic mass is 9.96. The van der Waals surface area contributed by atoms with Crippen LogP contribution in [0.25, 0.3) is 0 Å². The topological polar surface area (TPSA) is 50.7 Å². The molecule has 1 amide bonds. The van der Waals surface area contributed by atoms with Crippen LogP contribution in [0.3, 0.4) is 0 Å². The molecule has 38 heavy (non-hydrogen) atoms. The van der Waals surface area contributed by atoms with Crippen LogP contribution in [0.4, 0.5) is 10.7 Å². The van der Waals surface area contributed by atoms with E-state index >= 15 is 0 Å². The minimum Gasteiger partial charge on any atom is -0.488 e. The highest BCUT2D eigenvalue weighted by Gasteiger charge is 2.24.